The molecule has 0 unspecified atom stereocenters. The Morgan fingerprint density at radius 1 is 0.824 bits per heavy atom. The lowest BCUT2D eigenvalue weighted by molar-refractivity contribution is 0.0988. The number of hydrogen-bond acceptors (Lipinski definition) is 2. The van der Waals surface area contributed by atoms with Crippen LogP contribution in [-0.4, -0.2) is 11.5 Å². The van der Waals surface area contributed by atoms with Gasteiger partial charge in [0.25, 0.3) is 0 Å². The van der Waals surface area contributed by atoms with Gasteiger partial charge in [-0.05, 0) is 5.56 Å². The van der Waals surface area contributed by atoms with E-state index in [1.54, 1.807) is 6.07 Å². The molecule has 82 valence electrons. The average molecular weight is 221 g/mol. The van der Waals surface area contributed by atoms with E-state index in [1.165, 1.54) is 0 Å². The van der Waals surface area contributed by atoms with Crippen LogP contribution in [0, 0.1) is 5.41 Å². The first-order chi connectivity index (χ1) is 8.29. The molecule has 0 bridgehead atoms. The molecule has 17 heavy (non-hydrogen) atoms. The zero-order valence-corrected chi connectivity index (χ0v) is 9.18. The number of benzene rings is 2. The zero-order valence-electron chi connectivity index (χ0n) is 9.18. The molecule has 1 aliphatic carbocycles. The van der Waals surface area contributed by atoms with Gasteiger partial charge in [-0.2, -0.15) is 0 Å². The largest absolute Gasteiger partial charge is 0.304 e. The highest BCUT2D eigenvalue weighted by Crippen LogP contribution is 2.33. The quantitative estimate of drug-likeness (QED) is 0.790. The molecule has 0 fully saturated rings. The second-order valence-electron chi connectivity index (χ2n) is 4.17. The van der Waals surface area contributed by atoms with Crippen molar-refractivity contribution in [1.82, 2.24) is 0 Å². The summed E-state index contributed by atoms with van der Waals surface area (Å²) in [6.45, 7) is 0. The van der Waals surface area contributed by atoms with Crippen LogP contribution in [-0.2, 0) is 0 Å². The standard InChI is InChI=1S/C15H11NO/c16-14-11-8-4-5-9-12(11)15(17)13(14)10-6-2-1-3-7-10/h1-9,13,16H/t13-/m1/s1. The van der Waals surface area contributed by atoms with Crippen molar-refractivity contribution in [2.75, 3.05) is 0 Å². The molecule has 2 nitrogen and oxygen atoms in total. The van der Waals surface area contributed by atoms with Gasteiger partial charge in [0.2, 0.25) is 0 Å². The molecular formula is C15H11NO. The van der Waals surface area contributed by atoms with Crippen molar-refractivity contribution in [2.45, 2.75) is 5.92 Å². The Bertz CT molecular complexity index is 566. The number of fused-ring (bicyclic) bond motifs is 1. The van der Waals surface area contributed by atoms with Crippen LogP contribution in [0.5, 0.6) is 0 Å². The van der Waals surface area contributed by atoms with Crippen LogP contribution in [0.4, 0.5) is 0 Å². The third-order valence-corrected chi connectivity index (χ3v) is 3.17. The van der Waals surface area contributed by atoms with E-state index in [0.29, 0.717) is 11.3 Å². The molecule has 2 heteroatoms. The Morgan fingerprint density at radius 2 is 1.41 bits per heavy atom. The van der Waals surface area contributed by atoms with Gasteiger partial charge >= 0.3 is 0 Å². The number of carbonyl (C=O) groups is 1. The van der Waals surface area contributed by atoms with Crippen LogP contribution in [0.25, 0.3) is 0 Å². The van der Waals surface area contributed by atoms with Gasteiger partial charge in [-0.3, -0.25) is 4.79 Å². The van der Waals surface area contributed by atoms with Crippen molar-refractivity contribution in [3.8, 4) is 0 Å². The van der Waals surface area contributed by atoms with E-state index in [1.807, 2.05) is 48.5 Å². The van der Waals surface area contributed by atoms with Crippen molar-refractivity contribution >= 4 is 11.5 Å². The van der Waals surface area contributed by atoms with Gasteiger partial charge in [-0.15, -0.1) is 0 Å². The summed E-state index contributed by atoms with van der Waals surface area (Å²) in [5, 5.41) is 8.13. The van der Waals surface area contributed by atoms with Crippen LogP contribution >= 0.6 is 0 Å². The second-order valence-corrected chi connectivity index (χ2v) is 4.17. The van der Waals surface area contributed by atoms with Crippen molar-refractivity contribution < 1.29 is 4.79 Å². The molecule has 2 aromatic carbocycles. The van der Waals surface area contributed by atoms with Gasteiger partial charge in [0.15, 0.2) is 5.78 Å². The number of Topliss-reactive ketones (excluding diaryl/α,β-unsaturated/α-hetero) is 1. The second kappa shape index (κ2) is 3.67. The molecule has 0 aliphatic heterocycles. The first-order valence-electron chi connectivity index (χ1n) is 5.56. The lowest BCUT2D eigenvalue weighted by Gasteiger charge is -2.08. The van der Waals surface area contributed by atoms with Crippen LogP contribution in [0.1, 0.15) is 27.4 Å². The summed E-state index contributed by atoms with van der Waals surface area (Å²) in [5.41, 5.74) is 2.76. The van der Waals surface area contributed by atoms with Crippen LogP contribution in [0.2, 0.25) is 0 Å². The Kier molecular flexibility index (Phi) is 2.15. The fraction of sp³-hybridized carbons (Fsp3) is 0.0667. The third kappa shape index (κ3) is 1.41. The lowest BCUT2D eigenvalue weighted by Crippen LogP contribution is -2.12. The highest BCUT2D eigenvalue weighted by atomic mass is 16.1. The average Bonchev–Trinajstić information content (AvgIpc) is 2.64. The minimum Gasteiger partial charge on any atom is -0.304 e. The smallest absolute Gasteiger partial charge is 0.176 e. The van der Waals surface area contributed by atoms with Crippen LogP contribution < -0.4 is 0 Å². The SMILES string of the molecule is N=C1c2ccccc2C(=O)[C@@H]1c1ccccc1. The molecule has 1 N–H and O–H groups in total. The van der Waals surface area contributed by atoms with Gasteiger partial charge in [-0.1, -0.05) is 54.6 Å². The molecular weight excluding hydrogens is 210 g/mol. The van der Waals surface area contributed by atoms with E-state index in [0.717, 1.165) is 11.1 Å². The Hall–Kier alpha value is -2.22. The molecule has 0 saturated heterocycles. The Morgan fingerprint density at radius 3 is 2.06 bits per heavy atom. The third-order valence-electron chi connectivity index (χ3n) is 3.17. The lowest BCUT2D eigenvalue weighted by atomic mass is 9.94. The maximum Gasteiger partial charge on any atom is 0.176 e. The molecule has 2 aromatic rings. The highest BCUT2D eigenvalue weighted by molar-refractivity contribution is 6.30. The summed E-state index contributed by atoms with van der Waals surface area (Å²) in [6, 6.07) is 16.9. The summed E-state index contributed by atoms with van der Waals surface area (Å²) < 4.78 is 0. The number of rotatable bonds is 1. The van der Waals surface area contributed by atoms with E-state index in [9.17, 15) is 4.79 Å². The van der Waals surface area contributed by atoms with Crippen LogP contribution in [0.3, 0.4) is 0 Å². The predicted molar refractivity (Wildman–Crippen MR) is 66.8 cm³/mol. The molecule has 0 saturated carbocycles. The fourth-order valence-corrected chi connectivity index (χ4v) is 2.34. The number of nitrogens with one attached hydrogen (secondary N) is 1. The summed E-state index contributed by atoms with van der Waals surface area (Å²) in [6.07, 6.45) is 0. The highest BCUT2D eigenvalue weighted by Gasteiger charge is 2.36. The van der Waals surface area contributed by atoms with Crippen LogP contribution in [0.15, 0.2) is 54.6 Å². The summed E-state index contributed by atoms with van der Waals surface area (Å²) in [4.78, 5) is 12.3. The number of hydrogen-bond donors (Lipinski definition) is 1. The maximum atomic E-state index is 12.3. The van der Waals surface area contributed by atoms with Crippen molar-refractivity contribution in [3.05, 3.63) is 71.3 Å². The van der Waals surface area contributed by atoms with E-state index < -0.39 is 5.92 Å². The summed E-state index contributed by atoms with van der Waals surface area (Å²) in [7, 11) is 0. The number of ketones is 1. The molecule has 0 heterocycles. The Labute approximate surface area is 99.4 Å². The Balaban J connectivity index is 2.13. The van der Waals surface area contributed by atoms with Gasteiger partial charge in [0.05, 0.1) is 11.6 Å². The molecule has 1 aliphatic rings. The maximum absolute atomic E-state index is 12.3. The van der Waals surface area contributed by atoms with Crippen molar-refractivity contribution in [3.63, 3.8) is 0 Å². The topological polar surface area (TPSA) is 40.9 Å². The van der Waals surface area contributed by atoms with Gasteiger partial charge in [-0.25, -0.2) is 0 Å². The first-order valence-corrected chi connectivity index (χ1v) is 5.56. The van der Waals surface area contributed by atoms with Crippen molar-refractivity contribution in [1.29, 1.82) is 5.41 Å². The van der Waals surface area contributed by atoms with Crippen molar-refractivity contribution in [2.24, 2.45) is 0 Å². The summed E-state index contributed by atoms with van der Waals surface area (Å²) in [5.74, 6) is -0.384. The normalized spacial score (nSPS) is 18.2. The van der Waals surface area contributed by atoms with E-state index >= 15 is 0 Å². The first kappa shape index (κ1) is 9.97. The summed E-state index contributed by atoms with van der Waals surface area (Å²) >= 11 is 0. The van der Waals surface area contributed by atoms with Gasteiger partial charge in [0.1, 0.15) is 0 Å². The minimum absolute atomic E-state index is 0.0387. The predicted octanol–water partition coefficient (Wildman–Crippen LogP) is 3.03. The molecule has 0 radical (unpaired) electrons. The van der Waals surface area contributed by atoms with Gasteiger partial charge in [0, 0.05) is 11.1 Å². The van der Waals surface area contributed by atoms with E-state index in [4.69, 9.17) is 5.41 Å². The molecule has 0 aromatic heterocycles. The molecule has 0 spiro atoms. The zero-order chi connectivity index (χ0) is 11.8. The van der Waals surface area contributed by atoms with E-state index in [2.05, 4.69) is 0 Å². The molecule has 3 rings (SSSR count). The molecule has 1 atom stereocenters. The number of carbonyl (C=O) groups excluding carboxylic acids is 1. The molecule has 0 amide bonds. The fourth-order valence-electron chi connectivity index (χ4n) is 2.34. The monoisotopic (exact) mass is 221 g/mol. The van der Waals surface area contributed by atoms with Gasteiger partial charge < -0.3 is 5.41 Å². The van der Waals surface area contributed by atoms with E-state index in [-0.39, 0.29) is 5.78 Å². The minimum atomic E-state index is -0.423.